The average molecular weight is 402 g/mol. The minimum Gasteiger partial charge on any atom is -0.478 e. The molecule has 0 radical (unpaired) electrons. The van der Waals surface area contributed by atoms with Gasteiger partial charge in [-0.3, -0.25) is 0 Å². The number of nitrogens with zero attached hydrogens (tertiary/aromatic N) is 4. The maximum absolute atomic E-state index is 11.4. The summed E-state index contributed by atoms with van der Waals surface area (Å²) in [7, 11) is 0. The lowest BCUT2D eigenvalue weighted by Gasteiger charge is -2.08. The summed E-state index contributed by atoms with van der Waals surface area (Å²) in [4.78, 5) is 16.9. The summed E-state index contributed by atoms with van der Waals surface area (Å²) in [6.45, 7) is 3.00. The highest BCUT2D eigenvalue weighted by Crippen LogP contribution is 2.20. The fourth-order valence-electron chi connectivity index (χ4n) is 3.42. The van der Waals surface area contributed by atoms with Gasteiger partial charge in [0.1, 0.15) is 6.61 Å². The number of hydrogen-bond donors (Lipinski definition) is 1. The normalized spacial score (nSPS) is 11.7. The Balaban J connectivity index is 1.41. The van der Waals surface area contributed by atoms with E-state index in [4.69, 9.17) is 4.84 Å². The minimum atomic E-state index is -0.926. The SMILES string of the molecule is CC/C(=N\OCCn1ccc2c(C(=O)O)cccc21)c1ccc(-n2cccn2)cc1. The predicted molar refractivity (Wildman–Crippen MR) is 115 cm³/mol. The molecule has 1 N–H and O–H groups in total. The molecule has 30 heavy (non-hydrogen) atoms. The predicted octanol–water partition coefficient (Wildman–Crippen LogP) is 4.36. The van der Waals surface area contributed by atoms with E-state index in [1.807, 2.05) is 66.3 Å². The van der Waals surface area contributed by atoms with Crippen LogP contribution in [0.3, 0.4) is 0 Å². The summed E-state index contributed by atoms with van der Waals surface area (Å²) in [5.74, 6) is -0.926. The standard InChI is InChI=1S/C23H22N4O3/c1-2-21(17-7-9-18(10-8-17)27-13-4-12-24-27)25-30-16-15-26-14-11-19-20(23(28)29)5-3-6-22(19)26/h3-14H,2,15-16H2,1H3,(H,28,29)/b25-21+. The fourth-order valence-corrected chi connectivity index (χ4v) is 3.42. The van der Waals surface area contributed by atoms with Crippen molar-refractivity contribution in [2.24, 2.45) is 5.16 Å². The number of carbonyl (C=O) groups is 1. The molecule has 0 amide bonds. The number of benzene rings is 2. The molecular formula is C23H22N4O3. The maximum Gasteiger partial charge on any atom is 0.336 e. The topological polar surface area (TPSA) is 81.6 Å². The van der Waals surface area contributed by atoms with E-state index >= 15 is 0 Å². The van der Waals surface area contributed by atoms with Crippen LogP contribution in [0.15, 0.2) is 78.3 Å². The molecule has 0 spiro atoms. The molecule has 0 atom stereocenters. The Hall–Kier alpha value is -3.87. The molecule has 0 aliphatic rings. The van der Waals surface area contributed by atoms with Crippen molar-refractivity contribution >= 4 is 22.6 Å². The van der Waals surface area contributed by atoms with Gasteiger partial charge in [-0.05, 0) is 48.4 Å². The van der Waals surface area contributed by atoms with Crippen molar-refractivity contribution in [2.45, 2.75) is 19.9 Å². The first-order valence-corrected chi connectivity index (χ1v) is 9.78. The molecule has 152 valence electrons. The second-order valence-corrected chi connectivity index (χ2v) is 6.77. The Bertz CT molecular complexity index is 1180. The van der Waals surface area contributed by atoms with E-state index in [2.05, 4.69) is 10.3 Å². The van der Waals surface area contributed by atoms with Gasteiger partial charge in [0.05, 0.1) is 23.5 Å². The number of aromatic nitrogens is 3. The van der Waals surface area contributed by atoms with Crippen LogP contribution in [0.1, 0.15) is 29.3 Å². The van der Waals surface area contributed by atoms with Crippen LogP contribution in [0.4, 0.5) is 0 Å². The average Bonchev–Trinajstić information content (AvgIpc) is 3.44. The molecule has 0 aliphatic carbocycles. The summed E-state index contributed by atoms with van der Waals surface area (Å²) < 4.78 is 3.78. The molecule has 4 aromatic rings. The molecule has 2 heterocycles. The van der Waals surface area contributed by atoms with Gasteiger partial charge in [-0.15, -0.1) is 0 Å². The molecule has 0 fully saturated rings. The number of carboxylic acids is 1. The van der Waals surface area contributed by atoms with E-state index < -0.39 is 5.97 Å². The maximum atomic E-state index is 11.4. The summed E-state index contributed by atoms with van der Waals surface area (Å²) in [6, 6.07) is 17.0. The summed E-state index contributed by atoms with van der Waals surface area (Å²) in [5.41, 5.74) is 4.03. The number of carboxylic acid groups (broad SMARTS) is 1. The summed E-state index contributed by atoms with van der Waals surface area (Å²) in [5, 5.41) is 18.6. The van der Waals surface area contributed by atoms with Gasteiger partial charge in [0.25, 0.3) is 0 Å². The Kier molecular flexibility index (Phi) is 5.61. The van der Waals surface area contributed by atoms with Crippen LogP contribution in [-0.2, 0) is 11.4 Å². The van der Waals surface area contributed by atoms with Crippen LogP contribution in [0.5, 0.6) is 0 Å². The quantitative estimate of drug-likeness (QED) is 0.270. The van der Waals surface area contributed by atoms with E-state index in [1.165, 1.54) is 0 Å². The van der Waals surface area contributed by atoms with Crippen molar-refractivity contribution in [1.29, 1.82) is 0 Å². The first kappa shape index (κ1) is 19.4. The van der Waals surface area contributed by atoms with Gasteiger partial charge in [0.15, 0.2) is 0 Å². The zero-order chi connectivity index (χ0) is 20.9. The lowest BCUT2D eigenvalue weighted by molar-refractivity contribution is 0.0699. The zero-order valence-corrected chi connectivity index (χ0v) is 16.6. The van der Waals surface area contributed by atoms with E-state index in [0.717, 1.165) is 34.3 Å². The van der Waals surface area contributed by atoms with Gasteiger partial charge in [-0.2, -0.15) is 5.10 Å². The first-order valence-electron chi connectivity index (χ1n) is 9.78. The molecule has 0 saturated heterocycles. The minimum absolute atomic E-state index is 0.303. The third kappa shape index (κ3) is 3.96. The number of aromatic carboxylic acids is 1. The van der Waals surface area contributed by atoms with Gasteiger partial charge in [0.2, 0.25) is 0 Å². The highest BCUT2D eigenvalue weighted by atomic mass is 16.6. The Morgan fingerprint density at radius 3 is 2.63 bits per heavy atom. The van der Waals surface area contributed by atoms with Crippen LogP contribution >= 0.6 is 0 Å². The highest BCUT2D eigenvalue weighted by Gasteiger charge is 2.10. The first-order chi connectivity index (χ1) is 14.7. The van der Waals surface area contributed by atoms with Crippen LogP contribution in [0.2, 0.25) is 0 Å². The van der Waals surface area contributed by atoms with E-state index in [1.54, 1.807) is 23.0 Å². The van der Waals surface area contributed by atoms with E-state index in [-0.39, 0.29) is 0 Å². The van der Waals surface area contributed by atoms with Crippen LogP contribution in [-0.4, -0.2) is 37.7 Å². The molecular weight excluding hydrogens is 380 g/mol. The molecule has 0 unspecified atom stereocenters. The zero-order valence-electron chi connectivity index (χ0n) is 16.6. The van der Waals surface area contributed by atoms with Crippen molar-refractivity contribution in [3.8, 4) is 5.69 Å². The van der Waals surface area contributed by atoms with Crippen molar-refractivity contribution < 1.29 is 14.7 Å². The van der Waals surface area contributed by atoms with Gasteiger partial charge < -0.3 is 14.5 Å². The van der Waals surface area contributed by atoms with Crippen molar-refractivity contribution in [2.75, 3.05) is 6.61 Å². The van der Waals surface area contributed by atoms with Crippen molar-refractivity contribution in [3.63, 3.8) is 0 Å². The van der Waals surface area contributed by atoms with Crippen molar-refractivity contribution in [3.05, 3.63) is 84.3 Å². The highest BCUT2D eigenvalue weighted by molar-refractivity contribution is 6.03. The van der Waals surface area contributed by atoms with Crippen molar-refractivity contribution in [1.82, 2.24) is 14.3 Å². The molecule has 7 nitrogen and oxygen atoms in total. The third-order valence-electron chi connectivity index (χ3n) is 4.95. The Morgan fingerprint density at radius 1 is 1.10 bits per heavy atom. The molecule has 0 saturated carbocycles. The monoisotopic (exact) mass is 402 g/mol. The van der Waals surface area contributed by atoms with Gasteiger partial charge in [-0.1, -0.05) is 30.3 Å². The molecule has 2 aromatic carbocycles. The summed E-state index contributed by atoms with van der Waals surface area (Å²) >= 11 is 0. The third-order valence-corrected chi connectivity index (χ3v) is 4.95. The molecule has 7 heteroatoms. The molecule has 0 bridgehead atoms. The Morgan fingerprint density at radius 2 is 1.93 bits per heavy atom. The smallest absolute Gasteiger partial charge is 0.336 e. The van der Waals surface area contributed by atoms with Crippen LogP contribution in [0, 0.1) is 0 Å². The fraction of sp³-hybridized carbons (Fsp3) is 0.174. The number of hydrogen-bond acceptors (Lipinski definition) is 4. The van der Waals surface area contributed by atoms with E-state index in [9.17, 15) is 9.90 Å². The Labute approximate surface area is 173 Å². The van der Waals surface area contributed by atoms with Gasteiger partial charge in [-0.25, -0.2) is 9.48 Å². The second-order valence-electron chi connectivity index (χ2n) is 6.77. The number of rotatable bonds is 8. The van der Waals surface area contributed by atoms with Crippen LogP contribution < -0.4 is 0 Å². The number of oxime groups is 1. The number of fused-ring (bicyclic) bond motifs is 1. The lowest BCUT2D eigenvalue weighted by atomic mass is 10.1. The van der Waals surface area contributed by atoms with Gasteiger partial charge in [0, 0.05) is 29.5 Å². The lowest BCUT2D eigenvalue weighted by Crippen LogP contribution is -2.06. The molecule has 2 aromatic heterocycles. The molecule has 0 aliphatic heterocycles. The largest absolute Gasteiger partial charge is 0.478 e. The molecule has 4 rings (SSSR count). The van der Waals surface area contributed by atoms with E-state index in [0.29, 0.717) is 18.7 Å². The van der Waals surface area contributed by atoms with Gasteiger partial charge >= 0.3 is 5.97 Å². The summed E-state index contributed by atoms with van der Waals surface area (Å²) in [6.07, 6.45) is 6.27. The van der Waals surface area contributed by atoms with Crippen LogP contribution in [0.25, 0.3) is 16.6 Å². The second kappa shape index (κ2) is 8.65.